The van der Waals surface area contributed by atoms with E-state index in [1.54, 1.807) is 24.3 Å². The molecule has 0 bridgehead atoms. The molecule has 0 fully saturated rings. The lowest BCUT2D eigenvalue weighted by molar-refractivity contribution is -0.185. The number of hydrogen-bond donors (Lipinski definition) is 0. The summed E-state index contributed by atoms with van der Waals surface area (Å²) in [6.45, 7) is 7.75. The topological polar surface area (TPSA) is 18.5 Å². The van der Waals surface area contributed by atoms with Crippen molar-refractivity contribution in [2.24, 2.45) is 0 Å². The normalized spacial score (nSPS) is 11.1. The molecule has 0 atom stereocenters. The first-order valence-corrected chi connectivity index (χ1v) is 10.7. The van der Waals surface area contributed by atoms with Crippen LogP contribution in [0, 0.1) is 0 Å². The number of aryl methyl sites for hydroxylation is 2. The molecule has 32 heavy (non-hydrogen) atoms. The first-order valence-electron chi connectivity index (χ1n) is 10.7. The number of allylic oxidation sites excluding steroid dienone is 2. The van der Waals surface area contributed by atoms with E-state index in [9.17, 15) is 8.78 Å². The minimum absolute atomic E-state index is 0.0982. The zero-order valence-electron chi connectivity index (χ0n) is 18.1. The molecule has 0 radical (unpaired) electrons. The lowest BCUT2D eigenvalue weighted by Crippen LogP contribution is -2.21. The third-order valence-electron chi connectivity index (χ3n) is 5.06. The highest BCUT2D eigenvalue weighted by atomic mass is 19.3. The molecule has 0 spiro atoms. The van der Waals surface area contributed by atoms with Crippen molar-refractivity contribution in [2.45, 2.75) is 38.4 Å². The average molecular weight is 435 g/mol. The van der Waals surface area contributed by atoms with Crippen molar-refractivity contribution in [3.05, 3.63) is 120 Å². The smallest absolute Gasteiger partial charge is 0.426 e. The van der Waals surface area contributed by atoms with Gasteiger partial charge >= 0.3 is 6.11 Å². The second-order valence-corrected chi connectivity index (χ2v) is 7.55. The monoisotopic (exact) mass is 434 g/mol. The highest BCUT2D eigenvalue weighted by Gasteiger charge is 2.34. The van der Waals surface area contributed by atoms with E-state index in [2.05, 4.69) is 13.2 Å². The highest BCUT2D eigenvalue weighted by Crippen LogP contribution is 2.32. The van der Waals surface area contributed by atoms with Crippen LogP contribution in [-0.4, -0.2) is 0 Å². The van der Waals surface area contributed by atoms with Gasteiger partial charge in [0.2, 0.25) is 0 Å². The van der Waals surface area contributed by atoms with Gasteiger partial charge in [0.1, 0.15) is 18.1 Å². The number of alkyl halides is 2. The molecule has 2 nitrogen and oxygen atoms in total. The molecule has 0 saturated heterocycles. The molecule has 0 amide bonds. The third kappa shape index (κ3) is 6.81. The Labute approximate surface area is 188 Å². The number of rotatable bonds is 12. The maximum atomic E-state index is 14.5. The van der Waals surface area contributed by atoms with E-state index in [0.717, 1.165) is 42.6 Å². The van der Waals surface area contributed by atoms with Crippen LogP contribution in [0.15, 0.2) is 98.1 Å². The molecule has 166 valence electrons. The second-order valence-electron chi connectivity index (χ2n) is 7.55. The fraction of sp³-hybridized carbons (Fsp3) is 0.214. The van der Waals surface area contributed by atoms with Crippen LogP contribution in [0.3, 0.4) is 0 Å². The number of halogens is 2. The zero-order valence-corrected chi connectivity index (χ0v) is 18.1. The van der Waals surface area contributed by atoms with Crippen LogP contribution in [0.1, 0.15) is 35.1 Å². The molecule has 4 heteroatoms. The summed E-state index contributed by atoms with van der Waals surface area (Å²) in [5, 5.41) is 0. The Morgan fingerprint density at radius 2 is 1.12 bits per heavy atom. The van der Waals surface area contributed by atoms with Crippen molar-refractivity contribution < 1.29 is 18.3 Å². The Kier molecular flexibility index (Phi) is 8.20. The van der Waals surface area contributed by atoms with E-state index in [-0.39, 0.29) is 11.3 Å². The van der Waals surface area contributed by atoms with Crippen LogP contribution < -0.4 is 9.47 Å². The predicted octanol–water partition coefficient (Wildman–Crippen LogP) is 7.63. The number of benzene rings is 3. The first-order chi connectivity index (χ1) is 15.5. The summed E-state index contributed by atoms with van der Waals surface area (Å²) < 4.78 is 39.8. The molecule has 0 aromatic heterocycles. The van der Waals surface area contributed by atoms with Crippen LogP contribution in [0.25, 0.3) is 0 Å². The van der Waals surface area contributed by atoms with Crippen molar-refractivity contribution >= 4 is 0 Å². The molecular formula is C28H28F2O2. The van der Waals surface area contributed by atoms with E-state index in [0.29, 0.717) is 6.61 Å². The Morgan fingerprint density at radius 1 is 0.656 bits per heavy atom. The van der Waals surface area contributed by atoms with Crippen LogP contribution in [0.4, 0.5) is 8.78 Å². The quantitative estimate of drug-likeness (QED) is 0.273. The Morgan fingerprint density at radius 3 is 1.66 bits per heavy atom. The molecular weight excluding hydrogens is 406 g/mol. The minimum Gasteiger partial charge on any atom is -0.489 e. The predicted molar refractivity (Wildman–Crippen MR) is 125 cm³/mol. The van der Waals surface area contributed by atoms with Gasteiger partial charge in [0.05, 0.1) is 5.56 Å². The maximum Gasteiger partial charge on any atom is 0.426 e. The van der Waals surface area contributed by atoms with E-state index in [1.165, 1.54) is 29.8 Å². The molecule has 3 aromatic rings. The summed E-state index contributed by atoms with van der Waals surface area (Å²) in [5.41, 5.74) is 2.90. The third-order valence-corrected chi connectivity index (χ3v) is 5.06. The molecule has 0 aliphatic carbocycles. The standard InChI is InChI=1S/C28H28F2O2/c1-3-5-7-22-9-15-25(16-10-22)28(29,30)32-27-19-13-24(14-20-27)21-31-26-17-11-23(12-18-26)8-6-4-2/h3-4,9-20H,1-2,5-8,21H2. The Balaban J connectivity index is 1.54. The van der Waals surface area contributed by atoms with Gasteiger partial charge in [0, 0.05) is 0 Å². The van der Waals surface area contributed by atoms with Gasteiger partial charge < -0.3 is 9.47 Å². The summed E-state index contributed by atoms with van der Waals surface area (Å²) in [7, 11) is 0. The van der Waals surface area contributed by atoms with Crippen molar-refractivity contribution in [3.8, 4) is 11.5 Å². The van der Waals surface area contributed by atoms with Crippen LogP contribution in [-0.2, 0) is 25.6 Å². The summed E-state index contributed by atoms with van der Waals surface area (Å²) in [4.78, 5) is 0. The summed E-state index contributed by atoms with van der Waals surface area (Å²) in [6.07, 6.45) is 3.77. The Bertz CT molecular complexity index is 991. The van der Waals surface area contributed by atoms with Crippen molar-refractivity contribution in [2.75, 3.05) is 0 Å². The van der Waals surface area contributed by atoms with Gasteiger partial charge in [0.25, 0.3) is 0 Å². The first kappa shape index (κ1) is 23.3. The van der Waals surface area contributed by atoms with Crippen molar-refractivity contribution in [1.29, 1.82) is 0 Å². The zero-order chi connectivity index (χ0) is 22.8. The maximum absolute atomic E-state index is 14.5. The number of hydrogen-bond acceptors (Lipinski definition) is 2. The molecule has 0 aliphatic heterocycles. The average Bonchev–Trinajstić information content (AvgIpc) is 2.81. The summed E-state index contributed by atoms with van der Waals surface area (Å²) >= 11 is 0. The minimum atomic E-state index is -3.41. The van der Waals surface area contributed by atoms with Crippen LogP contribution in [0.5, 0.6) is 11.5 Å². The SMILES string of the molecule is C=CCCc1ccc(OCc2ccc(OC(F)(F)c3ccc(CCC=C)cc3)cc2)cc1. The van der Waals surface area contributed by atoms with Gasteiger partial charge in [-0.25, -0.2) is 0 Å². The van der Waals surface area contributed by atoms with Gasteiger partial charge in [-0.1, -0.05) is 48.6 Å². The molecule has 0 heterocycles. The van der Waals surface area contributed by atoms with Crippen LogP contribution >= 0.6 is 0 Å². The fourth-order valence-corrected chi connectivity index (χ4v) is 3.18. The second kappa shape index (κ2) is 11.3. The molecule has 0 saturated carbocycles. The molecule has 3 rings (SSSR count). The van der Waals surface area contributed by atoms with Crippen molar-refractivity contribution in [1.82, 2.24) is 0 Å². The van der Waals surface area contributed by atoms with E-state index >= 15 is 0 Å². The highest BCUT2D eigenvalue weighted by molar-refractivity contribution is 5.31. The number of ether oxygens (including phenoxy) is 2. The largest absolute Gasteiger partial charge is 0.489 e. The van der Waals surface area contributed by atoms with Gasteiger partial charge in [-0.15, -0.1) is 13.2 Å². The van der Waals surface area contributed by atoms with E-state index in [1.807, 2.05) is 36.4 Å². The van der Waals surface area contributed by atoms with Gasteiger partial charge in [-0.3, -0.25) is 0 Å². The van der Waals surface area contributed by atoms with E-state index in [4.69, 9.17) is 9.47 Å². The lowest BCUT2D eigenvalue weighted by Gasteiger charge is -2.19. The van der Waals surface area contributed by atoms with E-state index < -0.39 is 6.11 Å². The van der Waals surface area contributed by atoms with Gasteiger partial charge in [-0.2, -0.15) is 8.78 Å². The van der Waals surface area contributed by atoms with Crippen molar-refractivity contribution in [3.63, 3.8) is 0 Å². The van der Waals surface area contributed by atoms with Crippen LogP contribution in [0.2, 0.25) is 0 Å². The summed E-state index contributed by atoms with van der Waals surface area (Å²) in [6, 6.07) is 20.6. The molecule has 0 N–H and O–H groups in total. The molecule has 0 unspecified atom stereocenters. The fourth-order valence-electron chi connectivity index (χ4n) is 3.18. The molecule has 3 aromatic carbocycles. The van der Waals surface area contributed by atoms with Gasteiger partial charge in [0.15, 0.2) is 0 Å². The molecule has 0 aliphatic rings. The lowest BCUT2D eigenvalue weighted by atomic mass is 10.1. The summed E-state index contributed by atoms with van der Waals surface area (Å²) in [5.74, 6) is 0.858. The van der Waals surface area contributed by atoms with Gasteiger partial charge in [-0.05, 0) is 78.8 Å². The Hall–Kier alpha value is -3.40.